The Bertz CT molecular complexity index is 1190. The van der Waals surface area contributed by atoms with Gasteiger partial charge in [0.2, 0.25) is 0 Å². The van der Waals surface area contributed by atoms with Crippen LogP contribution in [0.2, 0.25) is 0 Å². The zero-order valence-corrected chi connectivity index (χ0v) is 18.7. The Hall–Kier alpha value is -3.24. The second-order valence-corrected chi connectivity index (χ2v) is 7.80. The quantitative estimate of drug-likeness (QED) is 0.246. The smallest absolute Gasteiger partial charge is 0.170 e. The summed E-state index contributed by atoms with van der Waals surface area (Å²) in [4.78, 5) is 1.01. The summed E-state index contributed by atoms with van der Waals surface area (Å²) in [5, 5.41) is 6.82. The topological polar surface area (TPSA) is 30.8 Å². The maximum Gasteiger partial charge on any atom is 0.170 e. The molecule has 1 aliphatic heterocycles. The maximum absolute atomic E-state index is 6.31. The van der Waals surface area contributed by atoms with E-state index in [0.717, 1.165) is 38.3 Å². The molecular weight excluding hydrogens is 402 g/mol. The molecule has 0 aromatic heterocycles. The lowest BCUT2D eigenvalue weighted by molar-refractivity contribution is 0.284. The number of hydrogen-bond acceptors (Lipinski definition) is 4. The number of hydrogen-bond donors (Lipinski definition) is 0. The molecule has 0 spiro atoms. The Labute approximate surface area is 187 Å². The van der Waals surface area contributed by atoms with Crippen molar-refractivity contribution >= 4 is 28.5 Å². The van der Waals surface area contributed by atoms with E-state index in [-0.39, 0.29) is 6.10 Å². The number of fused-ring (bicyclic) bond motifs is 3. The summed E-state index contributed by atoms with van der Waals surface area (Å²) in [6, 6.07) is 30.7. The molecule has 156 valence electrons. The van der Waals surface area contributed by atoms with Crippen LogP contribution in [-0.2, 0) is 4.28 Å². The molecule has 3 nitrogen and oxygen atoms in total. The van der Waals surface area contributed by atoms with Crippen LogP contribution in [0.5, 0.6) is 5.75 Å². The van der Waals surface area contributed by atoms with Crippen LogP contribution in [0.1, 0.15) is 36.6 Å². The summed E-state index contributed by atoms with van der Waals surface area (Å²) in [6.45, 7) is 6.07. The summed E-state index contributed by atoms with van der Waals surface area (Å²) >= 11 is 1.25. The summed E-state index contributed by atoms with van der Waals surface area (Å²) < 4.78 is 12.0. The van der Waals surface area contributed by atoms with E-state index in [1.165, 1.54) is 17.6 Å². The Kier molecular flexibility index (Phi) is 6.58. The fourth-order valence-electron chi connectivity index (χ4n) is 3.57. The van der Waals surface area contributed by atoms with Crippen LogP contribution in [0.25, 0.3) is 10.8 Å². The number of aryl methyl sites for hydroxylation is 1. The first-order chi connectivity index (χ1) is 15.3. The molecule has 1 aliphatic rings. The monoisotopic (exact) mass is 427 g/mol. The minimum atomic E-state index is -0.296. The Morgan fingerprint density at radius 2 is 1.52 bits per heavy atom. The molecule has 1 atom stereocenters. The highest BCUT2D eigenvalue weighted by molar-refractivity contribution is 7.94. The number of oxime groups is 1. The molecule has 0 aliphatic carbocycles. The Morgan fingerprint density at radius 3 is 2.29 bits per heavy atom. The van der Waals surface area contributed by atoms with Gasteiger partial charge in [-0.2, -0.15) is 0 Å². The van der Waals surface area contributed by atoms with Gasteiger partial charge in [-0.05, 0) is 41.5 Å². The van der Waals surface area contributed by atoms with Crippen molar-refractivity contribution in [3.8, 4) is 5.75 Å². The van der Waals surface area contributed by atoms with E-state index < -0.39 is 0 Å². The molecule has 31 heavy (non-hydrogen) atoms. The molecular formula is C27H25NO2S. The van der Waals surface area contributed by atoms with Gasteiger partial charge in [-0.1, -0.05) is 97.4 Å². The van der Waals surface area contributed by atoms with Crippen molar-refractivity contribution in [3.63, 3.8) is 0 Å². The molecule has 1 heterocycles. The molecule has 0 bridgehead atoms. The first-order valence-electron chi connectivity index (χ1n) is 10.5. The third-order valence-corrected chi connectivity index (χ3v) is 5.65. The standard InChI is InChI=1S/C25H19NO2S.C2H6/c1-17-11-14-20(15-12-17)29-28-26-24-23-21-10-6-5-7-18(21)13-16-22(23)27-25(24)19-8-3-2-4-9-19;1-2/h2-16,25H,1H3;1-2H3/b26-24-;. The molecule has 0 fully saturated rings. The average Bonchev–Trinajstić information content (AvgIpc) is 3.21. The van der Waals surface area contributed by atoms with Crippen molar-refractivity contribution < 1.29 is 9.02 Å². The van der Waals surface area contributed by atoms with Crippen molar-refractivity contribution in [2.75, 3.05) is 0 Å². The fraction of sp³-hybridized carbons (Fsp3) is 0.148. The van der Waals surface area contributed by atoms with Gasteiger partial charge in [0, 0.05) is 0 Å². The van der Waals surface area contributed by atoms with Crippen LogP contribution in [0.15, 0.2) is 101 Å². The van der Waals surface area contributed by atoms with Crippen molar-refractivity contribution in [2.24, 2.45) is 5.16 Å². The lowest BCUT2D eigenvalue weighted by Gasteiger charge is -2.11. The average molecular weight is 428 g/mol. The van der Waals surface area contributed by atoms with Gasteiger partial charge in [-0.15, -0.1) is 0 Å². The van der Waals surface area contributed by atoms with E-state index in [2.05, 4.69) is 54.5 Å². The van der Waals surface area contributed by atoms with Gasteiger partial charge in [0.15, 0.2) is 6.10 Å². The van der Waals surface area contributed by atoms with E-state index >= 15 is 0 Å². The zero-order valence-electron chi connectivity index (χ0n) is 17.9. The van der Waals surface area contributed by atoms with E-state index in [1.54, 1.807) is 0 Å². The molecule has 0 saturated heterocycles. The lowest BCUT2D eigenvalue weighted by atomic mass is 9.97. The highest BCUT2D eigenvalue weighted by Crippen LogP contribution is 2.41. The summed E-state index contributed by atoms with van der Waals surface area (Å²) in [6.07, 6.45) is -0.296. The van der Waals surface area contributed by atoms with Crippen LogP contribution < -0.4 is 4.74 Å². The molecule has 0 saturated carbocycles. The summed E-state index contributed by atoms with van der Waals surface area (Å²) in [5.74, 6) is 0.834. The van der Waals surface area contributed by atoms with Gasteiger partial charge in [-0.25, -0.2) is 0 Å². The van der Waals surface area contributed by atoms with Crippen molar-refractivity contribution in [3.05, 3.63) is 108 Å². The summed E-state index contributed by atoms with van der Waals surface area (Å²) in [7, 11) is 0. The number of nitrogens with zero attached hydrogens (tertiary/aromatic N) is 1. The Morgan fingerprint density at radius 1 is 0.806 bits per heavy atom. The third-order valence-electron chi connectivity index (χ3n) is 5.03. The minimum Gasteiger partial charge on any atom is -0.478 e. The van der Waals surface area contributed by atoms with E-state index in [1.807, 2.05) is 62.4 Å². The van der Waals surface area contributed by atoms with Gasteiger partial charge in [-0.3, -0.25) is 0 Å². The second-order valence-electron chi connectivity index (χ2n) is 7.02. The fourth-order valence-corrected chi connectivity index (χ4v) is 4.02. The van der Waals surface area contributed by atoms with Crippen LogP contribution in [0, 0.1) is 6.92 Å². The van der Waals surface area contributed by atoms with Crippen molar-refractivity contribution in [1.82, 2.24) is 0 Å². The number of benzene rings is 4. The summed E-state index contributed by atoms with van der Waals surface area (Å²) in [5.41, 5.74) is 4.06. The van der Waals surface area contributed by atoms with E-state index in [9.17, 15) is 0 Å². The lowest BCUT2D eigenvalue weighted by Crippen LogP contribution is -2.12. The molecule has 5 rings (SSSR count). The second kappa shape index (κ2) is 9.71. The Balaban J connectivity index is 0.00000112. The first-order valence-corrected chi connectivity index (χ1v) is 11.3. The predicted octanol–water partition coefficient (Wildman–Crippen LogP) is 7.74. The molecule has 4 aromatic carbocycles. The highest BCUT2D eigenvalue weighted by atomic mass is 32.2. The highest BCUT2D eigenvalue weighted by Gasteiger charge is 2.34. The SMILES string of the molecule is CC.Cc1ccc(SO/N=C2/c3c(ccc4ccccc34)OC2c2ccccc2)cc1. The minimum absolute atomic E-state index is 0.296. The zero-order chi connectivity index (χ0) is 21.6. The van der Waals surface area contributed by atoms with Crippen LogP contribution in [0.4, 0.5) is 0 Å². The van der Waals surface area contributed by atoms with Gasteiger partial charge >= 0.3 is 0 Å². The maximum atomic E-state index is 6.31. The molecule has 0 amide bonds. The van der Waals surface area contributed by atoms with Gasteiger partial charge in [0.25, 0.3) is 0 Å². The first kappa shape index (κ1) is 21.0. The number of rotatable bonds is 4. The van der Waals surface area contributed by atoms with Crippen LogP contribution in [0.3, 0.4) is 0 Å². The molecule has 0 radical (unpaired) electrons. The molecule has 4 heteroatoms. The molecule has 0 N–H and O–H groups in total. The normalized spacial score (nSPS) is 15.7. The van der Waals surface area contributed by atoms with Crippen LogP contribution in [-0.4, -0.2) is 5.71 Å². The molecule has 1 unspecified atom stereocenters. The van der Waals surface area contributed by atoms with Gasteiger partial charge in [0.1, 0.15) is 23.5 Å². The van der Waals surface area contributed by atoms with Crippen molar-refractivity contribution in [1.29, 1.82) is 0 Å². The van der Waals surface area contributed by atoms with Gasteiger partial charge in [0.05, 0.1) is 10.5 Å². The van der Waals surface area contributed by atoms with Gasteiger partial charge < -0.3 is 9.02 Å². The van der Waals surface area contributed by atoms with Crippen LogP contribution >= 0.6 is 12.0 Å². The molecule has 4 aromatic rings. The van der Waals surface area contributed by atoms with E-state index in [4.69, 9.17) is 9.02 Å². The van der Waals surface area contributed by atoms with E-state index in [0.29, 0.717) is 0 Å². The third kappa shape index (κ3) is 4.44. The van der Waals surface area contributed by atoms with Crippen molar-refractivity contribution in [2.45, 2.75) is 31.8 Å². The number of ether oxygens (including phenoxy) is 1. The predicted molar refractivity (Wildman–Crippen MR) is 130 cm³/mol. The largest absolute Gasteiger partial charge is 0.478 e.